The number of carbonyl (C=O) groups excluding carboxylic acids is 8. The molecule has 0 aliphatic rings. The number of rotatable bonds is 29. The number of carboxylic acid groups (broad SMARTS) is 1. The number of hydrogen-bond donors (Lipinski definition) is 14. The molecular weight excluding hydrogens is 947 g/mol. The first-order chi connectivity index (χ1) is 33.8. The largest absolute Gasteiger partial charge is 0.508 e. The van der Waals surface area contributed by atoms with Crippen LogP contribution < -0.4 is 48.3 Å². The van der Waals surface area contributed by atoms with Crippen molar-refractivity contribution in [3.8, 4) is 5.75 Å². The zero-order valence-electron chi connectivity index (χ0n) is 39.3. The fraction of sp³-hybridized carbons (Fsp3) is 0.426. The van der Waals surface area contributed by atoms with E-state index in [-0.39, 0.29) is 31.4 Å². The Hall–Kier alpha value is -7.12. The van der Waals surface area contributed by atoms with Crippen molar-refractivity contribution in [2.45, 2.75) is 94.0 Å². The van der Waals surface area contributed by atoms with Gasteiger partial charge in [-0.05, 0) is 61.1 Å². The van der Waals surface area contributed by atoms with E-state index >= 15 is 0 Å². The van der Waals surface area contributed by atoms with E-state index in [1.54, 1.807) is 66.9 Å². The molecule has 386 valence electrons. The predicted molar refractivity (Wildman–Crippen MR) is 259 cm³/mol. The molecule has 15 N–H and O–H groups in total. The van der Waals surface area contributed by atoms with Gasteiger partial charge in [0.1, 0.15) is 54.1 Å². The second-order valence-corrected chi connectivity index (χ2v) is 17.3. The van der Waals surface area contributed by atoms with Crippen molar-refractivity contribution in [2.24, 2.45) is 5.73 Å². The second-order valence-electron chi connectivity index (χ2n) is 16.3. The summed E-state index contributed by atoms with van der Waals surface area (Å²) in [6.45, 7) is 0.100. The number of aliphatic hydroxyl groups excluding tert-OH is 3. The summed E-state index contributed by atoms with van der Waals surface area (Å²) in [5.41, 5.74) is 7.07. The predicted octanol–water partition coefficient (Wildman–Crippen LogP) is -3.52. The topological polar surface area (TPSA) is 377 Å². The Balaban J connectivity index is 1.85. The molecule has 0 aliphatic carbocycles. The summed E-state index contributed by atoms with van der Waals surface area (Å²) in [6, 6.07) is 10.5. The van der Waals surface area contributed by atoms with Gasteiger partial charge in [0.15, 0.2) is 0 Å². The van der Waals surface area contributed by atoms with Crippen LogP contribution in [0.1, 0.15) is 37.0 Å². The number of thioether (sulfide) groups is 1. The molecule has 0 spiro atoms. The van der Waals surface area contributed by atoms with E-state index in [1.165, 1.54) is 49.9 Å². The van der Waals surface area contributed by atoms with Crippen LogP contribution in [0.4, 0.5) is 0 Å². The van der Waals surface area contributed by atoms with Gasteiger partial charge in [0, 0.05) is 19.3 Å². The molecule has 24 heteroatoms. The molecule has 8 amide bonds. The Morgan fingerprint density at radius 3 is 1.41 bits per heavy atom. The Kier molecular flexibility index (Phi) is 24.4. The third-order valence-electron chi connectivity index (χ3n) is 10.7. The number of nitrogens with two attached hydrogens (primary N) is 1. The number of benzene rings is 3. The Labute approximate surface area is 413 Å². The quantitative estimate of drug-likeness (QED) is 0.0321. The summed E-state index contributed by atoms with van der Waals surface area (Å²) in [5.74, 6) is -8.64. The highest BCUT2D eigenvalue weighted by Gasteiger charge is 2.35. The van der Waals surface area contributed by atoms with Gasteiger partial charge in [0.2, 0.25) is 47.3 Å². The molecule has 9 atom stereocenters. The normalized spacial score (nSPS) is 14.7. The Bertz CT molecular complexity index is 2260. The number of aromatic hydroxyl groups is 1. The molecule has 0 heterocycles. The van der Waals surface area contributed by atoms with Gasteiger partial charge >= 0.3 is 5.97 Å². The molecule has 0 saturated heterocycles. The van der Waals surface area contributed by atoms with E-state index < -0.39 is 127 Å². The minimum Gasteiger partial charge on any atom is -0.508 e. The van der Waals surface area contributed by atoms with Crippen LogP contribution >= 0.6 is 11.8 Å². The van der Waals surface area contributed by atoms with Crippen molar-refractivity contribution in [1.82, 2.24) is 42.5 Å². The highest BCUT2D eigenvalue weighted by molar-refractivity contribution is 7.98. The Morgan fingerprint density at radius 1 is 0.521 bits per heavy atom. The van der Waals surface area contributed by atoms with Crippen LogP contribution in [0, 0.1) is 0 Å². The number of aliphatic carboxylic acids is 1. The van der Waals surface area contributed by atoms with Crippen LogP contribution in [0.3, 0.4) is 0 Å². The third-order valence-corrected chi connectivity index (χ3v) is 11.4. The van der Waals surface area contributed by atoms with E-state index in [4.69, 9.17) is 5.73 Å². The lowest BCUT2D eigenvalue weighted by molar-refractivity contribution is -0.143. The minimum absolute atomic E-state index is 0.00828. The molecule has 71 heavy (non-hydrogen) atoms. The summed E-state index contributed by atoms with van der Waals surface area (Å²) in [7, 11) is 0. The molecule has 3 aromatic rings. The molecule has 0 unspecified atom stereocenters. The highest BCUT2D eigenvalue weighted by atomic mass is 32.2. The van der Waals surface area contributed by atoms with Crippen LogP contribution in [-0.2, 0) is 62.4 Å². The molecule has 0 fully saturated rings. The summed E-state index contributed by atoms with van der Waals surface area (Å²) in [5, 5.41) is 69.0. The smallest absolute Gasteiger partial charge is 0.328 e. The van der Waals surface area contributed by atoms with Crippen molar-refractivity contribution in [3.05, 3.63) is 102 Å². The number of phenols is 1. The van der Waals surface area contributed by atoms with E-state index in [2.05, 4.69) is 42.5 Å². The maximum Gasteiger partial charge on any atom is 0.328 e. The van der Waals surface area contributed by atoms with Crippen LogP contribution in [-0.4, -0.2) is 165 Å². The molecule has 0 aliphatic heterocycles. The van der Waals surface area contributed by atoms with E-state index in [0.29, 0.717) is 22.4 Å². The van der Waals surface area contributed by atoms with Crippen molar-refractivity contribution in [3.63, 3.8) is 0 Å². The van der Waals surface area contributed by atoms with Crippen molar-refractivity contribution >= 4 is 65.0 Å². The molecule has 23 nitrogen and oxygen atoms in total. The van der Waals surface area contributed by atoms with Crippen LogP contribution in [0.15, 0.2) is 84.9 Å². The first-order valence-electron chi connectivity index (χ1n) is 22.4. The summed E-state index contributed by atoms with van der Waals surface area (Å²) >= 11 is 1.33. The molecule has 0 radical (unpaired) electrons. The number of carbonyl (C=O) groups is 9. The minimum atomic E-state index is -1.77. The number of aliphatic hydroxyl groups is 3. The lowest BCUT2D eigenvalue weighted by Crippen LogP contribution is -2.62. The van der Waals surface area contributed by atoms with Gasteiger partial charge in [-0.25, -0.2) is 4.79 Å². The summed E-state index contributed by atoms with van der Waals surface area (Å²) < 4.78 is 0. The lowest BCUT2D eigenvalue weighted by Gasteiger charge is -2.28. The Morgan fingerprint density at radius 2 is 0.930 bits per heavy atom. The molecular formula is C47H63N9O14S. The third kappa shape index (κ3) is 19.7. The van der Waals surface area contributed by atoms with E-state index in [0.717, 1.165) is 0 Å². The first-order valence-corrected chi connectivity index (χ1v) is 23.8. The van der Waals surface area contributed by atoms with Crippen molar-refractivity contribution < 1.29 is 68.7 Å². The van der Waals surface area contributed by atoms with Gasteiger partial charge in [-0.15, -0.1) is 0 Å². The first kappa shape index (κ1) is 58.2. The molecule has 3 rings (SSSR count). The fourth-order valence-corrected chi connectivity index (χ4v) is 7.22. The summed E-state index contributed by atoms with van der Waals surface area (Å²) in [6.07, 6.45) is -0.227. The lowest BCUT2D eigenvalue weighted by atomic mass is 10.0. The average molecular weight is 1010 g/mol. The number of nitrogens with one attached hydrogen (secondary N) is 8. The van der Waals surface area contributed by atoms with Crippen molar-refractivity contribution in [2.75, 3.05) is 31.8 Å². The van der Waals surface area contributed by atoms with Gasteiger partial charge in [0.25, 0.3) is 0 Å². The van der Waals surface area contributed by atoms with Crippen molar-refractivity contribution in [1.29, 1.82) is 0 Å². The molecule has 0 saturated carbocycles. The van der Waals surface area contributed by atoms with Gasteiger partial charge < -0.3 is 73.8 Å². The van der Waals surface area contributed by atoms with Gasteiger partial charge in [-0.3, -0.25) is 38.4 Å². The van der Waals surface area contributed by atoms with Crippen LogP contribution in [0.25, 0.3) is 0 Å². The second kappa shape index (κ2) is 29.8. The number of phenolic OH excluding ortho intramolecular Hbond substituents is 1. The molecule has 0 bridgehead atoms. The maximum atomic E-state index is 14.1. The number of hydrogen-bond acceptors (Lipinski definition) is 15. The highest BCUT2D eigenvalue weighted by Crippen LogP contribution is 2.13. The van der Waals surface area contributed by atoms with Crippen LogP contribution in [0.2, 0.25) is 0 Å². The fourth-order valence-electron chi connectivity index (χ4n) is 6.75. The van der Waals surface area contributed by atoms with Crippen LogP contribution in [0.5, 0.6) is 5.75 Å². The monoisotopic (exact) mass is 1010 g/mol. The molecule has 0 aromatic heterocycles. The maximum absolute atomic E-state index is 14.1. The zero-order valence-corrected chi connectivity index (χ0v) is 40.1. The van der Waals surface area contributed by atoms with E-state index in [9.17, 15) is 68.7 Å². The number of carboxylic acids is 1. The molecule has 3 aromatic carbocycles. The SMILES string of the molecule is CSCC[C@H](NC(=O)[C@H](C)NC(=O)[C@H](Cc1ccc(O)cc1)NC(=O)[C@H](CO)NC(=O)[C@H](Cc1ccccc1)NC(=O)[C@@H](NC(=O)[C@H](Cc1ccccc1)NC(=O)CN)[C@@H](C)O)C(=O)N[C@@H](CO)C(=O)O. The zero-order chi connectivity index (χ0) is 52.6. The van der Waals surface area contributed by atoms with Gasteiger partial charge in [-0.2, -0.15) is 11.8 Å². The van der Waals surface area contributed by atoms with E-state index in [1.807, 2.05) is 0 Å². The summed E-state index contributed by atoms with van der Waals surface area (Å²) in [4.78, 5) is 119. The average Bonchev–Trinajstić information content (AvgIpc) is 3.35. The van der Waals surface area contributed by atoms with Gasteiger partial charge in [0.05, 0.1) is 25.9 Å². The van der Waals surface area contributed by atoms with Gasteiger partial charge in [-0.1, -0.05) is 72.8 Å². The number of amides is 8. The standard InChI is InChI=1S/C47H63N9O14S/c1-26(40(62)51-32(18-19-71-3)41(63)55-37(25-58)47(69)70)49-42(64)34(22-30-14-16-31(60)17-15-30)52-45(67)36(24-57)54-43(65)35(21-29-12-8-5-9-13-29)53-46(68)39(27(2)59)56-44(66)33(50-38(61)23-48)20-28-10-6-4-7-11-28/h4-17,26-27,32-37,39,57-60H,18-25,48H2,1-3H3,(H,49,64)(H,50,61)(H,51,62)(H,52,67)(H,53,68)(H,54,65)(H,55,63)(H,56,66)(H,69,70)/t26-,27+,32-,33-,34-,35-,36-,37-,39-/m0/s1.